The summed E-state index contributed by atoms with van der Waals surface area (Å²) in [5.41, 5.74) is 0. The minimum Gasteiger partial charge on any atom is -0.299 e. The Balaban J connectivity index is 3.20. The van der Waals surface area contributed by atoms with Crippen molar-refractivity contribution in [1.29, 1.82) is 0 Å². The third-order valence-electron chi connectivity index (χ3n) is 1.88. The highest BCUT2D eigenvalue weighted by Gasteiger charge is 2.47. The lowest BCUT2D eigenvalue weighted by molar-refractivity contribution is -0.143. The summed E-state index contributed by atoms with van der Waals surface area (Å²) in [6.45, 7) is 3.64. The SMILES string of the molecule is CC(C)Cn1c(C(F)(F)C(F)F)n[nH]c1=S. The van der Waals surface area contributed by atoms with Gasteiger partial charge in [-0.15, -0.1) is 0 Å². The number of rotatable bonds is 4. The van der Waals surface area contributed by atoms with Crippen molar-refractivity contribution in [3.05, 3.63) is 10.6 Å². The summed E-state index contributed by atoms with van der Waals surface area (Å²) in [7, 11) is 0. The second-order valence-electron chi connectivity index (χ2n) is 3.78. The molecule has 0 aliphatic rings. The summed E-state index contributed by atoms with van der Waals surface area (Å²) in [4.78, 5) is 0. The normalized spacial score (nSPS) is 12.8. The third kappa shape index (κ3) is 2.42. The van der Waals surface area contributed by atoms with Crippen LogP contribution >= 0.6 is 12.2 Å². The number of nitrogens with one attached hydrogen (secondary N) is 1. The Morgan fingerprint density at radius 1 is 1.44 bits per heavy atom. The van der Waals surface area contributed by atoms with E-state index in [1.54, 1.807) is 13.8 Å². The zero-order valence-electron chi connectivity index (χ0n) is 8.68. The van der Waals surface area contributed by atoms with Gasteiger partial charge in [0.2, 0.25) is 5.82 Å². The van der Waals surface area contributed by atoms with E-state index in [4.69, 9.17) is 12.2 Å². The highest BCUT2D eigenvalue weighted by molar-refractivity contribution is 7.71. The molecule has 0 atom stereocenters. The molecule has 1 heterocycles. The highest BCUT2D eigenvalue weighted by Crippen LogP contribution is 2.33. The van der Waals surface area contributed by atoms with Crippen LogP contribution in [-0.2, 0) is 12.5 Å². The van der Waals surface area contributed by atoms with Gasteiger partial charge in [-0.3, -0.25) is 9.67 Å². The summed E-state index contributed by atoms with van der Waals surface area (Å²) in [6.07, 6.45) is -3.80. The van der Waals surface area contributed by atoms with Gasteiger partial charge in [-0.1, -0.05) is 13.8 Å². The molecular formula is C8H11F4N3S. The van der Waals surface area contributed by atoms with E-state index < -0.39 is 18.2 Å². The van der Waals surface area contributed by atoms with Crippen LogP contribution in [0, 0.1) is 10.7 Å². The molecule has 92 valence electrons. The zero-order chi connectivity index (χ0) is 12.5. The molecule has 0 radical (unpaired) electrons. The van der Waals surface area contributed by atoms with Crippen molar-refractivity contribution in [3.63, 3.8) is 0 Å². The van der Waals surface area contributed by atoms with Crippen molar-refractivity contribution in [2.24, 2.45) is 5.92 Å². The molecule has 1 rings (SSSR count). The summed E-state index contributed by atoms with van der Waals surface area (Å²) in [6, 6.07) is 0. The molecule has 8 heteroatoms. The minimum absolute atomic E-state index is 0.00322. The van der Waals surface area contributed by atoms with E-state index in [9.17, 15) is 17.6 Å². The second-order valence-corrected chi connectivity index (χ2v) is 4.17. The lowest BCUT2D eigenvalue weighted by Crippen LogP contribution is -2.28. The second kappa shape index (κ2) is 4.52. The molecule has 0 unspecified atom stereocenters. The molecule has 0 spiro atoms. The monoisotopic (exact) mass is 257 g/mol. The lowest BCUT2D eigenvalue weighted by atomic mass is 10.2. The summed E-state index contributed by atoms with van der Waals surface area (Å²) in [5, 5.41) is 5.28. The van der Waals surface area contributed by atoms with Gasteiger partial charge in [-0.25, -0.2) is 8.78 Å². The maximum absolute atomic E-state index is 13.1. The largest absolute Gasteiger partial charge is 0.365 e. The van der Waals surface area contributed by atoms with Gasteiger partial charge in [0.15, 0.2) is 4.77 Å². The Morgan fingerprint density at radius 2 is 2.00 bits per heavy atom. The molecule has 0 aliphatic heterocycles. The van der Waals surface area contributed by atoms with Crippen molar-refractivity contribution in [1.82, 2.24) is 14.8 Å². The van der Waals surface area contributed by atoms with Crippen LogP contribution in [0.15, 0.2) is 0 Å². The predicted octanol–water partition coefficient (Wildman–Crippen LogP) is 2.95. The lowest BCUT2D eigenvalue weighted by Gasteiger charge is -2.16. The van der Waals surface area contributed by atoms with Crippen LogP contribution < -0.4 is 0 Å². The van der Waals surface area contributed by atoms with E-state index in [1.165, 1.54) is 0 Å². The Bertz CT molecular complexity index is 410. The molecule has 16 heavy (non-hydrogen) atoms. The first-order valence-corrected chi connectivity index (χ1v) is 4.99. The van der Waals surface area contributed by atoms with Crippen molar-refractivity contribution >= 4 is 12.2 Å². The van der Waals surface area contributed by atoms with Crippen molar-refractivity contribution < 1.29 is 17.6 Å². The molecule has 0 saturated heterocycles. The number of alkyl halides is 4. The van der Waals surface area contributed by atoms with E-state index >= 15 is 0 Å². The van der Waals surface area contributed by atoms with Gasteiger partial charge >= 0.3 is 12.3 Å². The molecule has 1 aromatic rings. The molecule has 1 N–H and O–H groups in total. The number of aromatic nitrogens is 3. The molecule has 0 amide bonds. The Hall–Kier alpha value is -0.920. The van der Waals surface area contributed by atoms with Crippen LogP contribution in [0.2, 0.25) is 0 Å². The number of nitrogens with zero attached hydrogens (tertiary/aromatic N) is 2. The summed E-state index contributed by atoms with van der Waals surface area (Å²) < 4.78 is 51.4. The Labute approximate surface area is 94.5 Å². The number of hydrogen-bond donors (Lipinski definition) is 1. The maximum atomic E-state index is 13.1. The number of aromatic amines is 1. The molecular weight excluding hydrogens is 246 g/mol. The molecule has 0 fully saturated rings. The van der Waals surface area contributed by atoms with E-state index in [1.807, 2.05) is 0 Å². The number of H-pyrrole nitrogens is 1. The van der Waals surface area contributed by atoms with E-state index in [0.29, 0.717) is 0 Å². The van der Waals surface area contributed by atoms with Gasteiger partial charge in [0, 0.05) is 6.54 Å². The third-order valence-corrected chi connectivity index (χ3v) is 2.19. The first-order valence-electron chi connectivity index (χ1n) is 4.58. The zero-order valence-corrected chi connectivity index (χ0v) is 9.49. The minimum atomic E-state index is -4.29. The highest BCUT2D eigenvalue weighted by atomic mass is 32.1. The van der Waals surface area contributed by atoms with Gasteiger partial charge in [0.1, 0.15) is 0 Å². The van der Waals surface area contributed by atoms with E-state index in [0.717, 1.165) is 4.57 Å². The van der Waals surface area contributed by atoms with Gasteiger partial charge in [-0.2, -0.15) is 13.9 Å². The van der Waals surface area contributed by atoms with Crippen LogP contribution in [0.25, 0.3) is 0 Å². The van der Waals surface area contributed by atoms with E-state index in [-0.39, 0.29) is 17.2 Å². The van der Waals surface area contributed by atoms with Crippen molar-refractivity contribution in [2.75, 3.05) is 0 Å². The van der Waals surface area contributed by atoms with Gasteiger partial charge in [-0.05, 0) is 18.1 Å². The predicted molar refractivity (Wildman–Crippen MR) is 52.1 cm³/mol. The van der Waals surface area contributed by atoms with Crippen molar-refractivity contribution in [2.45, 2.75) is 32.7 Å². The fraction of sp³-hybridized carbons (Fsp3) is 0.750. The Morgan fingerprint density at radius 3 is 2.44 bits per heavy atom. The molecule has 0 aromatic carbocycles. The van der Waals surface area contributed by atoms with Crippen molar-refractivity contribution in [3.8, 4) is 0 Å². The fourth-order valence-electron chi connectivity index (χ4n) is 1.20. The number of hydrogen-bond acceptors (Lipinski definition) is 2. The maximum Gasteiger partial charge on any atom is 0.365 e. The quantitative estimate of drug-likeness (QED) is 0.664. The first-order chi connectivity index (χ1) is 7.26. The van der Waals surface area contributed by atoms with Crippen LogP contribution in [0.3, 0.4) is 0 Å². The first kappa shape index (κ1) is 13.1. The van der Waals surface area contributed by atoms with Crippen LogP contribution in [-0.4, -0.2) is 21.2 Å². The molecule has 0 aliphatic carbocycles. The molecule has 3 nitrogen and oxygen atoms in total. The van der Waals surface area contributed by atoms with E-state index in [2.05, 4.69) is 10.2 Å². The average molecular weight is 257 g/mol. The Kier molecular flexibility index (Phi) is 3.72. The van der Waals surface area contributed by atoms with Gasteiger partial charge in [0.25, 0.3) is 0 Å². The van der Waals surface area contributed by atoms with Gasteiger partial charge in [0.05, 0.1) is 0 Å². The van der Waals surface area contributed by atoms with Crippen LogP contribution in [0.1, 0.15) is 19.7 Å². The molecule has 0 saturated carbocycles. The van der Waals surface area contributed by atoms with Gasteiger partial charge < -0.3 is 0 Å². The molecule has 1 aromatic heterocycles. The summed E-state index contributed by atoms with van der Waals surface area (Å²) in [5.74, 6) is -5.31. The van der Waals surface area contributed by atoms with Crippen LogP contribution in [0.5, 0.6) is 0 Å². The van der Waals surface area contributed by atoms with Crippen LogP contribution in [0.4, 0.5) is 17.6 Å². The topological polar surface area (TPSA) is 33.6 Å². The number of halogens is 4. The summed E-state index contributed by atoms with van der Waals surface area (Å²) >= 11 is 4.71. The fourth-order valence-corrected chi connectivity index (χ4v) is 1.41. The smallest absolute Gasteiger partial charge is 0.299 e. The molecule has 0 bridgehead atoms. The standard InChI is InChI=1S/C8H11F4N3S/c1-4(2)3-15-6(13-14-7(15)16)8(11,12)5(9)10/h4-5H,3H2,1-2H3,(H,14,16). The average Bonchev–Trinajstić information content (AvgIpc) is 2.47.